The molecule has 0 unspecified atom stereocenters. The lowest BCUT2D eigenvalue weighted by Gasteiger charge is -2.21. The predicted octanol–water partition coefficient (Wildman–Crippen LogP) is 5.75. The Labute approximate surface area is 218 Å². The van der Waals surface area contributed by atoms with Crippen molar-refractivity contribution >= 4 is 39.1 Å². The average Bonchev–Trinajstić information content (AvgIpc) is 3.16. The second-order valence-electron chi connectivity index (χ2n) is 7.67. The molecule has 3 aromatic rings. The Morgan fingerprint density at radius 2 is 2.11 bits per heavy atom. The molecule has 2 heterocycles. The Morgan fingerprint density at radius 1 is 1.36 bits per heavy atom. The second-order valence-corrected chi connectivity index (χ2v) is 8.95. The summed E-state index contributed by atoms with van der Waals surface area (Å²) in [6.45, 7) is 1.06. The Morgan fingerprint density at radius 3 is 2.78 bits per heavy atom. The number of alkyl halides is 2. The van der Waals surface area contributed by atoms with Gasteiger partial charge in [0.25, 0.3) is 6.43 Å². The first-order valence-electron chi connectivity index (χ1n) is 10.6. The van der Waals surface area contributed by atoms with E-state index in [9.17, 15) is 18.4 Å². The topological polar surface area (TPSA) is 108 Å². The maximum absolute atomic E-state index is 14.3. The van der Waals surface area contributed by atoms with Crippen molar-refractivity contribution in [1.29, 1.82) is 5.41 Å². The van der Waals surface area contributed by atoms with Gasteiger partial charge in [-0.1, -0.05) is 11.6 Å². The number of hydrogen-bond acceptors (Lipinski definition) is 7. The molecule has 1 aromatic carbocycles. The van der Waals surface area contributed by atoms with Gasteiger partial charge in [0.2, 0.25) is 0 Å². The van der Waals surface area contributed by atoms with Crippen LogP contribution in [0.4, 0.5) is 19.0 Å². The molecule has 0 fully saturated rings. The molecule has 0 aliphatic heterocycles. The molecule has 8 nitrogen and oxygen atoms in total. The van der Waals surface area contributed by atoms with Crippen molar-refractivity contribution in [1.82, 2.24) is 20.1 Å². The van der Waals surface area contributed by atoms with E-state index in [4.69, 9.17) is 21.7 Å². The lowest BCUT2D eigenvalue weighted by molar-refractivity contribution is 0.122. The normalized spacial score (nSPS) is 12.5. The zero-order valence-corrected chi connectivity index (χ0v) is 21.5. The SMILES string of the molecule is CN/C=C(/Cc1cn(CC(F)F)nc1Cl)C(=N)c1ccc(F)cc1[C@@H](C)Oc1cc(Br)cnc1NO. The third kappa shape index (κ3) is 6.77. The number of anilines is 1. The molecule has 0 spiro atoms. The van der Waals surface area contributed by atoms with Crippen LogP contribution in [0.15, 0.2) is 52.9 Å². The summed E-state index contributed by atoms with van der Waals surface area (Å²) in [6, 6.07) is 5.53. The van der Waals surface area contributed by atoms with Crippen molar-refractivity contribution in [2.75, 3.05) is 12.5 Å². The van der Waals surface area contributed by atoms with Crippen molar-refractivity contribution in [2.24, 2.45) is 0 Å². The maximum atomic E-state index is 14.3. The number of pyridine rings is 1. The van der Waals surface area contributed by atoms with E-state index in [2.05, 4.69) is 31.3 Å². The number of hydrogen-bond donors (Lipinski definition) is 4. The van der Waals surface area contributed by atoms with Gasteiger partial charge < -0.3 is 10.1 Å². The highest BCUT2D eigenvalue weighted by Gasteiger charge is 2.22. The third-order valence-electron chi connectivity index (χ3n) is 5.08. The Balaban J connectivity index is 1.93. The van der Waals surface area contributed by atoms with E-state index in [1.807, 2.05) is 5.48 Å². The van der Waals surface area contributed by atoms with Crippen LogP contribution >= 0.6 is 27.5 Å². The van der Waals surface area contributed by atoms with E-state index in [0.29, 0.717) is 26.7 Å². The lowest BCUT2D eigenvalue weighted by atomic mass is 9.92. The third-order valence-corrected chi connectivity index (χ3v) is 5.83. The van der Waals surface area contributed by atoms with Crippen LogP contribution in [0.2, 0.25) is 5.15 Å². The smallest absolute Gasteiger partial charge is 0.257 e. The molecule has 0 saturated heterocycles. The van der Waals surface area contributed by atoms with Gasteiger partial charge in [-0.25, -0.2) is 23.6 Å². The summed E-state index contributed by atoms with van der Waals surface area (Å²) in [6.07, 6.45) is 1.21. The van der Waals surface area contributed by atoms with E-state index >= 15 is 0 Å². The summed E-state index contributed by atoms with van der Waals surface area (Å²) in [5, 5.41) is 25.0. The Hall–Kier alpha value is -3.09. The molecule has 0 radical (unpaired) electrons. The van der Waals surface area contributed by atoms with E-state index in [1.165, 1.54) is 30.6 Å². The monoisotopic (exact) mass is 586 g/mol. The minimum absolute atomic E-state index is 0.0420. The van der Waals surface area contributed by atoms with Gasteiger partial charge in [0.15, 0.2) is 16.7 Å². The van der Waals surface area contributed by atoms with Gasteiger partial charge in [-0.2, -0.15) is 5.10 Å². The molecular weight excluding hydrogens is 565 g/mol. The van der Waals surface area contributed by atoms with Gasteiger partial charge in [0.05, 0.1) is 5.71 Å². The van der Waals surface area contributed by atoms with Crippen LogP contribution in [0, 0.1) is 11.2 Å². The first kappa shape index (κ1) is 27.5. The number of aromatic nitrogens is 3. The summed E-state index contributed by atoms with van der Waals surface area (Å²) in [7, 11) is 1.65. The fraction of sp³-hybridized carbons (Fsp3) is 0.261. The van der Waals surface area contributed by atoms with Gasteiger partial charge in [-0.05, 0) is 52.7 Å². The summed E-state index contributed by atoms with van der Waals surface area (Å²) in [5.74, 6) is -0.269. The minimum atomic E-state index is -2.59. The number of benzene rings is 1. The van der Waals surface area contributed by atoms with Crippen LogP contribution in [0.1, 0.15) is 29.7 Å². The Bertz CT molecular complexity index is 1270. The second kappa shape index (κ2) is 12.2. The van der Waals surface area contributed by atoms with Crippen LogP contribution in [-0.2, 0) is 13.0 Å². The standard InChI is InChI=1S/C23H23BrClF3N6O2/c1-12(36-19-6-15(24)9-31-23(19)33-35)18-7-16(26)3-4-17(18)21(29)13(8-30-2)5-14-10-34(11-20(27)28)32-22(14)25/h3-4,6-10,12,20,29-30,35H,5,11H2,1-2H3,(H,31,33)/b13-8-,29-21?/t12-/m1/s1. The molecule has 192 valence electrons. The van der Waals surface area contributed by atoms with Gasteiger partial charge >= 0.3 is 0 Å². The first-order chi connectivity index (χ1) is 17.1. The zero-order valence-electron chi connectivity index (χ0n) is 19.2. The summed E-state index contributed by atoms with van der Waals surface area (Å²) < 4.78 is 47.4. The number of nitrogens with zero attached hydrogens (tertiary/aromatic N) is 3. The fourth-order valence-corrected chi connectivity index (χ4v) is 4.03. The van der Waals surface area contributed by atoms with Crippen LogP contribution in [-0.4, -0.2) is 39.2 Å². The van der Waals surface area contributed by atoms with Crippen LogP contribution in [0.3, 0.4) is 0 Å². The van der Waals surface area contributed by atoms with E-state index in [0.717, 1.165) is 4.68 Å². The molecule has 0 aliphatic carbocycles. The average molecular weight is 588 g/mol. The predicted molar refractivity (Wildman–Crippen MR) is 134 cm³/mol. The van der Waals surface area contributed by atoms with Gasteiger partial charge in [0.1, 0.15) is 18.5 Å². The number of ether oxygens (including phenoxy) is 1. The first-order valence-corrected chi connectivity index (χ1v) is 11.8. The largest absolute Gasteiger partial charge is 0.482 e. The fourth-order valence-electron chi connectivity index (χ4n) is 3.50. The number of nitrogens with one attached hydrogen (secondary N) is 3. The highest BCUT2D eigenvalue weighted by atomic mass is 79.9. The van der Waals surface area contributed by atoms with E-state index in [-0.39, 0.29) is 28.9 Å². The molecule has 0 bridgehead atoms. The zero-order chi connectivity index (χ0) is 26.4. The highest BCUT2D eigenvalue weighted by Crippen LogP contribution is 2.32. The summed E-state index contributed by atoms with van der Waals surface area (Å²) in [4.78, 5) is 4.01. The van der Waals surface area contributed by atoms with E-state index in [1.54, 1.807) is 26.2 Å². The molecule has 2 aromatic heterocycles. The molecular formula is C23H23BrClF3N6O2. The Kier molecular flexibility index (Phi) is 9.35. The molecule has 0 aliphatic rings. The molecule has 4 N–H and O–H groups in total. The molecule has 3 rings (SSSR count). The van der Waals surface area contributed by atoms with Crippen LogP contribution in [0.25, 0.3) is 0 Å². The number of halogens is 5. The number of allylic oxidation sites excluding steroid dienone is 1. The molecule has 13 heteroatoms. The number of rotatable bonds is 11. The molecule has 1 atom stereocenters. The quantitative estimate of drug-likeness (QED) is 0.168. The summed E-state index contributed by atoms with van der Waals surface area (Å²) in [5.41, 5.74) is 3.65. The van der Waals surface area contributed by atoms with Gasteiger partial charge in [-0.15, -0.1) is 0 Å². The van der Waals surface area contributed by atoms with Gasteiger partial charge in [0, 0.05) is 53.2 Å². The minimum Gasteiger partial charge on any atom is -0.482 e. The molecule has 36 heavy (non-hydrogen) atoms. The lowest BCUT2D eigenvalue weighted by Crippen LogP contribution is -2.16. The van der Waals surface area contributed by atoms with Crippen molar-refractivity contribution in [2.45, 2.75) is 32.4 Å². The van der Waals surface area contributed by atoms with E-state index < -0.39 is 24.9 Å². The summed E-state index contributed by atoms with van der Waals surface area (Å²) >= 11 is 9.45. The van der Waals surface area contributed by atoms with Crippen LogP contribution in [0.5, 0.6) is 5.75 Å². The van der Waals surface area contributed by atoms with Crippen molar-refractivity contribution < 1.29 is 23.1 Å². The van der Waals surface area contributed by atoms with Crippen molar-refractivity contribution in [3.8, 4) is 5.75 Å². The highest BCUT2D eigenvalue weighted by molar-refractivity contribution is 9.10. The van der Waals surface area contributed by atoms with Crippen molar-refractivity contribution in [3.63, 3.8) is 0 Å². The van der Waals surface area contributed by atoms with Crippen LogP contribution < -0.4 is 15.5 Å². The van der Waals surface area contributed by atoms with Crippen molar-refractivity contribution in [3.05, 3.63) is 80.6 Å². The molecule has 0 amide bonds. The molecule has 0 saturated carbocycles. The maximum Gasteiger partial charge on any atom is 0.257 e. The van der Waals surface area contributed by atoms with Gasteiger partial charge in [-0.3, -0.25) is 15.3 Å².